The summed E-state index contributed by atoms with van der Waals surface area (Å²) in [6.07, 6.45) is 0. The van der Waals surface area contributed by atoms with Crippen LogP contribution in [0, 0.1) is 23.6 Å². The van der Waals surface area contributed by atoms with E-state index in [-0.39, 0.29) is 11.7 Å². The molecule has 0 unspecified atom stereocenters. The van der Waals surface area contributed by atoms with Gasteiger partial charge in [-0.25, -0.2) is 4.39 Å². The van der Waals surface area contributed by atoms with Gasteiger partial charge in [-0.3, -0.25) is 4.79 Å². The fourth-order valence-corrected chi connectivity index (χ4v) is 2.16. The standard InChI is InChI=1S/C15H22FNO/c1-10(2)14(11(3)4)9-17-15(18)12-5-7-13(16)8-6-12/h5-8,10-11,14H,9H2,1-4H3,(H,17,18). The van der Waals surface area contributed by atoms with E-state index in [4.69, 9.17) is 0 Å². The normalized spacial score (nSPS) is 11.3. The van der Waals surface area contributed by atoms with Crippen molar-refractivity contribution in [3.63, 3.8) is 0 Å². The molecule has 0 aliphatic rings. The highest BCUT2D eigenvalue weighted by Crippen LogP contribution is 2.19. The van der Waals surface area contributed by atoms with Crippen LogP contribution in [0.15, 0.2) is 24.3 Å². The molecule has 0 saturated carbocycles. The second-order valence-corrected chi connectivity index (χ2v) is 5.37. The molecule has 0 atom stereocenters. The summed E-state index contributed by atoms with van der Waals surface area (Å²) in [7, 11) is 0. The van der Waals surface area contributed by atoms with Gasteiger partial charge in [-0.2, -0.15) is 0 Å². The lowest BCUT2D eigenvalue weighted by Crippen LogP contribution is -2.33. The molecule has 3 heteroatoms. The molecule has 0 saturated heterocycles. The molecule has 0 aliphatic heterocycles. The number of carbonyl (C=O) groups excluding carboxylic acids is 1. The Morgan fingerprint density at radius 1 is 1.11 bits per heavy atom. The second kappa shape index (κ2) is 6.53. The van der Waals surface area contributed by atoms with Crippen LogP contribution < -0.4 is 5.32 Å². The number of rotatable bonds is 5. The Morgan fingerprint density at radius 2 is 1.61 bits per heavy atom. The summed E-state index contributed by atoms with van der Waals surface area (Å²) in [5, 5.41) is 2.92. The molecular formula is C15H22FNO. The fraction of sp³-hybridized carbons (Fsp3) is 0.533. The Balaban J connectivity index is 2.57. The van der Waals surface area contributed by atoms with Crippen LogP contribution in [0.4, 0.5) is 4.39 Å². The molecule has 0 spiro atoms. The van der Waals surface area contributed by atoms with Gasteiger partial charge in [0.1, 0.15) is 5.82 Å². The van der Waals surface area contributed by atoms with E-state index in [1.165, 1.54) is 24.3 Å². The van der Waals surface area contributed by atoms with Gasteiger partial charge >= 0.3 is 0 Å². The molecular weight excluding hydrogens is 229 g/mol. The van der Waals surface area contributed by atoms with Crippen molar-refractivity contribution in [1.82, 2.24) is 5.32 Å². The van der Waals surface area contributed by atoms with Gasteiger partial charge in [0, 0.05) is 12.1 Å². The summed E-state index contributed by atoms with van der Waals surface area (Å²) in [5.41, 5.74) is 0.502. The van der Waals surface area contributed by atoms with Crippen LogP contribution in [-0.2, 0) is 0 Å². The number of benzene rings is 1. The van der Waals surface area contributed by atoms with Crippen molar-refractivity contribution in [3.05, 3.63) is 35.6 Å². The van der Waals surface area contributed by atoms with Gasteiger partial charge in [0.15, 0.2) is 0 Å². The number of carbonyl (C=O) groups is 1. The molecule has 1 aromatic rings. The van der Waals surface area contributed by atoms with E-state index >= 15 is 0 Å². The maximum Gasteiger partial charge on any atom is 0.251 e. The van der Waals surface area contributed by atoms with Crippen molar-refractivity contribution in [2.75, 3.05) is 6.54 Å². The van der Waals surface area contributed by atoms with E-state index in [1.807, 2.05) is 0 Å². The molecule has 1 amide bonds. The fourth-order valence-electron chi connectivity index (χ4n) is 2.16. The summed E-state index contributed by atoms with van der Waals surface area (Å²) >= 11 is 0. The molecule has 0 aliphatic carbocycles. The van der Waals surface area contributed by atoms with Crippen molar-refractivity contribution in [2.24, 2.45) is 17.8 Å². The van der Waals surface area contributed by atoms with Crippen LogP contribution in [0.5, 0.6) is 0 Å². The minimum absolute atomic E-state index is 0.138. The molecule has 2 nitrogen and oxygen atoms in total. The minimum Gasteiger partial charge on any atom is -0.352 e. The number of amides is 1. The lowest BCUT2D eigenvalue weighted by atomic mass is 9.85. The largest absolute Gasteiger partial charge is 0.352 e. The molecule has 0 heterocycles. The second-order valence-electron chi connectivity index (χ2n) is 5.37. The van der Waals surface area contributed by atoms with Crippen molar-refractivity contribution in [2.45, 2.75) is 27.7 Å². The van der Waals surface area contributed by atoms with Gasteiger partial charge < -0.3 is 5.32 Å². The van der Waals surface area contributed by atoms with Gasteiger partial charge in [0.05, 0.1) is 0 Å². The third kappa shape index (κ3) is 4.13. The van der Waals surface area contributed by atoms with Crippen LogP contribution in [0.25, 0.3) is 0 Å². The van der Waals surface area contributed by atoms with Gasteiger partial charge in [0.2, 0.25) is 0 Å². The Labute approximate surface area is 109 Å². The smallest absolute Gasteiger partial charge is 0.251 e. The van der Waals surface area contributed by atoms with Crippen molar-refractivity contribution in [3.8, 4) is 0 Å². The summed E-state index contributed by atoms with van der Waals surface area (Å²) < 4.78 is 12.7. The zero-order valence-corrected chi connectivity index (χ0v) is 11.5. The molecule has 0 radical (unpaired) electrons. The molecule has 0 bridgehead atoms. The maximum atomic E-state index is 12.7. The van der Waals surface area contributed by atoms with Crippen LogP contribution in [0.1, 0.15) is 38.1 Å². The zero-order valence-electron chi connectivity index (χ0n) is 11.5. The summed E-state index contributed by atoms with van der Waals surface area (Å²) in [6, 6.07) is 5.61. The first kappa shape index (κ1) is 14.7. The molecule has 1 rings (SSSR count). The third-order valence-corrected chi connectivity index (χ3v) is 3.32. The maximum absolute atomic E-state index is 12.7. The molecule has 0 fully saturated rings. The van der Waals surface area contributed by atoms with Gasteiger partial charge in [-0.15, -0.1) is 0 Å². The van der Waals surface area contributed by atoms with Crippen LogP contribution >= 0.6 is 0 Å². The first-order chi connectivity index (χ1) is 8.41. The number of hydrogen-bond acceptors (Lipinski definition) is 1. The molecule has 1 N–H and O–H groups in total. The predicted octanol–water partition coefficient (Wildman–Crippen LogP) is 3.48. The SMILES string of the molecule is CC(C)C(CNC(=O)c1ccc(F)cc1)C(C)C. The van der Waals surface area contributed by atoms with Gasteiger partial charge in [-0.05, 0) is 42.0 Å². The van der Waals surface area contributed by atoms with Crippen molar-refractivity contribution in [1.29, 1.82) is 0 Å². The molecule has 18 heavy (non-hydrogen) atoms. The van der Waals surface area contributed by atoms with E-state index in [0.717, 1.165) is 0 Å². The average Bonchev–Trinajstić information content (AvgIpc) is 2.28. The summed E-state index contributed by atoms with van der Waals surface area (Å²) in [4.78, 5) is 11.9. The third-order valence-electron chi connectivity index (χ3n) is 3.32. The Bertz CT molecular complexity index is 376. The van der Waals surface area contributed by atoms with E-state index < -0.39 is 0 Å². The first-order valence-corrected chi connectivity index (χ1v) is 6.45. The minimum atomic E-state index is -0.325. The Kier molecular flexibility index (Phi) is 5.32. The van der Waals surface area contributed by atoms with Crippen LogP contribution in [-0.4, -0.2) is 12.5 Å². The first-order valence-electron chi connectivity index (χ1n) is 6.45. The molecule has 1 aromatic carbocycles. The lowest BCUT2D eigenvalue weighted by molar-refractivity contribution is 0.0937. The summed E-state index contributed by atoms with van der Waals surface area (Å²) in [5.74, 6) is 1.04. The number of hydrogen-bond donors (Lipinski definition) is 1. The van der Waals surface area contributed by atoms with Gasteiger partial charge in [-0.1, -0.05) is 27.7 Å². The highest BCUT2D eigenvalue weighted by Gasteiger charge is 2.18. The zero-order chi connectivity index (χ0) is 13.7. The van der Waals surface area contributed by atoms with Crippen LogP contribution in [0.3, 0.4) is 0 Å². The van der Waals surface area contributed by atoms with E-state index in [0.29, 0.717) is 29.9 Å². The quantitative estimate of drug-likeness (QED) is 0.852. The molecule has 0 aromatic heterocycles. The van der Waals surface area contributed by atoms with Crippen molar-refractivity contribution < 1.29 is 9.18 Å². The van der Waals surface area contributed by atoms with Crippen LogP contribution in [0.2, 0.25) is 0 Å². The monoisotopic (exact) mass is 251 g/mol. The average molecular weight is 251 g/mol. The van der Waals surface area contributed by atoms with E-state index in [2.05, 4.69) is 33.0 Å². The number of halogens is 1. The molecule has 100 valence electrons. The van der Waals surface area contributed by atoms with Crippen molar-refractivity contribution >= 4 is 5.91 Å². The topological polar surface area (TPSA) is 29.1 Å². The lowest BCUT2D eigenvalue weighted by Gasteiger charge is -2.25. The van der Waals surface area contributed by atoms with E-state index in [9.17, 15) is 9.18 Å². The highest BCUT2D eigenvalue weighted by molar-refractivity contribution is 5.94. The predicted molar refractivity (Wildman–Crippen MR) is 71.9 cm³/mol. The van der Waals surface area contributed by atoms with E-state index in [1.54, 1.807) is 0 Å². The Morgan fingerprint density at radius 3 is 2.06 bits per heavy atom. The number of nitrogens with one attached hydrogen (secondary N) is 1. The Hall–Kier alpha value is -1.38. The highest BCUT2D eigenvalue weighted by atomic mass is 19.1. The summed E-state index contributed by atoms with van der Waals surface area (Å²) in [6.45, 7) is 9.30. The van der Waals surface area contributed by atoms with Gasteiger partial charge in [0.25, 0.3) is 5.91 Å².